The van der Waals surface area contributed by atoms with Crippen molar-refractivity contribution >= 4 is 0 Å². The molecule has 1 fully saturated rings. The van der Waals surface area contributed by atoms with Gasteiger partial charge in [-0.1, -0.05) is 12.1 Å². The number of aromatic nitrogens is 3. The number of likely N-dealkylation sites (tertiary alicyclic amines) is 1. The first kappa shape index (κ1) is 12.5. The predicted octanol–water partition coefficient (Wildman–Crippen LogP) is 0.859. The largest absolute Gasteiger partial charge is 0.325 e. The molecule has 0 aliphatic carbocycles. The molecule has 0 radical (unpaired) electrons. The van der Waals surface area contributed by atoms with Gasteiger partial charge in [0.1, 0.15) is 0 Å². The Labute approximate surface area is 103 Å². The van der Waals surface area contributed by atoms with Crippen LogP contribution < -0.4 is 5.73 Å². The van der Waals surface area contributed by atoms with E-state index in [2.05, 4.69) is 22.1 Å². The number of rotatable bonds is 4. The fraction of sp³-hybridized carbons (Fsp3) is 0.833. The van der Waals surface area contributed by atoms with E-state index in [1.807, 2.05) is 10.9 Å². The maximum atomic E-state index is 5.51. The van der Waals surface area contributed by atoms with Crippen LogP contribution in [0.1, 0.15) is 31.9 Å². The Bertz CT molecular complexity index is 335. The highest BCUT2D eigenvalue weighted by molar-refractivity contribution is 4.90. The van der Waals surface area contributed by atoms with Crippen molar-refractivity contribution in [3.05, 3.63) is 11.9 Å². The maximum Gasteiger partial charge on any atom is 0.0962 e. The van der Waals surface area contributed by atoms with Crippen molar-refractivity contribution in [3.63, 3.8) is 0 Å². The van der Waals surface area contributed by atoms with E-state index in [9.17, 15) is 0 Å². The van der Waals surface area contributed by atoms with Gasteiger partial charge in [0, 0.05) is 19.3 Å². The van der Waals surface area contributed by atoms with Crippen LogP contribution in [0.2, 0.25) is 0 Å². The van der Waals surface area contributed by atoms with Crippen LogP contribution in [0.4, 0.5) is 0 Å². The number of nitrogens with two attached hydrogens (primary N) is 1. The van der Waals surface area contributed by atoms with Crippen LogP contribution >= 0.6 is 0 Å². The molecule has 0 aromatic carbocycles. The maximum absolute atomic E-state index is 5.51. The van der Waals surface area contributed by atoms with Gasteiger partial charge in [0.05, 0.1) is 12.2 Å². The lowest BCUT2D eigenvalue weighted by molar-refractivity contribution is 0.265. The smallest absolute Gasteiger partial charge is 0.0962 e. The molecular formula is C12H23N5. The van der Waals surface area contributed by atoms with Gasteiger partial charge in [-0.3, -0.25) is 4.68 Å². The number of hydrogen-bond donors (Lipinski definition) is 1. The first-order valence-corrected chi connectivity index (χ1v) is 6.59. The molecule has 1 aromatic rings. The fourth-order valence-electron chi connectivity index (χ4n) is 2.33. The van der Waals surface area contributed by atoms with Crippen molar-refractivity contribution in [2.24, 2.45) is 11.7 Å². The molecule has 0 bridgehead atoms. The van der Waals surface area contributed by atoms with Gasteiger partial charge in [0.25, 0.3) is 0 Å². The molecule has 5 heteroatoms. The van der Waals surface area contributed by atoms with E-state index in [1.165, 1.54) is 32.4 Å². The van der Waals surface area contributed by atoms with E-state index in [-0.39, 0.29) is 0 Å². The second kappa shape index (κ2) is 6.12. The third-order valence-electron chi connectivity index (χ3n) is 3.55. The highest BCUT2D eigenvalue weighted by atomic mass is 15.4. The highest BCUT2D eigenvalue weighted by Crippen LogP contribution is 2.16. The second-order valence-corrected chi connectivity index (χ2v) is 5.05. The predicted molar refractivity (Wildman–Crippen MR) is 67.4 cm³/mol. The Morgan fingerprint density at radius 2 is 2.24 bits per heavy atom. The van der Waals surface area contributed by atoms with E-state index in [0.717, 1.165) is 24.7 Å². The summed E-state index contributed by atoms with van der Waals surface area (Å²) in [5.41, 5.74) is 6.38. The molecule has 1 aromatic heterocycles. The molecule has 1 saturated heterocycles. The Kier molecular flexibility index (Phi) is 4.50. The van der Waals surface area contributed by atoms with Gasteiger partial charge in [0.2, 0.25) is 0 Å². The zero-order valence-electron chi connectivity index (χ0n) is 10.7. The van der Waals surface area contributed by atoms with Gasteiger partial charge in [-0.2, -0.15) is 0 Å². The minimum Gasteiger partial charge on any atom is -0.325 e. The van der Waals surface area contributed by atoms with E-state index in [0.29, 0.717) is 6.54 Å². The van der Waals surface area contributed by atoms with Gasteiger partial charge in [-0.25, -0.2) is 0 Å². The molecule has 96 valence electrons. The summed E-state index contributed by atoms with van der Waals surface area (Å²) in [5.74, 6) is 0.884. The molecule has 1 aliphatic rings. The highest BCUT2D eigenvalue weighted by Gasteiger charge is 2.13. The molecule has 2 heterocycles. The van der Waals surface area contributed by atoms with Crippen molar-refractivity contribution in [2.75, 3.05) is 19.6 Å². The topological polar surface area (TPSA) is 60.0 Å². The van der Waals surface area contributed by atoms with Crippen LogP contribution in [-0.4, -0.2) is 39.5 Å². The Morgan fingerprint density at radius 3 is 3.00 bits per heavy atom. The lowest BCUT2D eigenvalue weighted by Crippen LogP contribution is -2.28. The number of nitrogens with zero attached hydrogens (tertiary/aromatic N) is 4. The first-order valence-electron chi connectivity index (χ1n) is 6.59. The summed E-state index contributed by atoms with van der Waals surface area (Å²) in [7, 11) is 0. The zero-order valence-corrected chi connectivity index (χ0v) is 10.7. The lowest BCUT2D eigenvalue weighted by Gasteiger charge is -2.19. The molecule has 1 aliphatic heterocycles. The molecule has 0 spiro atoms. The van der Waals surface area contributed by atoms with E-state index in [1.54, 1.807) is 0 Å². The summed E-state index contributed by atoms with van der Waals surface area (Å²) < 4.78 is 1.90. The summed E-state index contributed by atoms with van der Waals surface area (Å²) >= 11 is 0. The quantitative estimate of drug-likeness (QED) is 0.843. The van der Waals surface area contributed by atoms with Crippen molar-refractivity contribution in [1.82, 2.24) is 19.9 Å². The van der Waals surface area contributed by atoms with E-state index < -0.39 is 0 Å². The molecule has 1 unspecified atom stereocenters. The molecule has 2 rings (SSSR count). The fourth-order valence-corrected chi connectivity index (χ4v) is 2.33. The van der Waals surface area contributed by atoms with Gasteiger partial charge >= 0.3 is 0 Å². The molecule has 5 nitrogen and oxygen atoms in total. The molecule has 2 N–H and O–H groups in total. The third-order valence-corrected chi connectivity index (χ3v) is 3.55. The molecule has 0 saturated carbocycles. The van der Waals surface area contributed by atoms with Gasteiger partial charge in [0.15, 0.2) is 0 Å². The van der Waals surface area contributed by atoms with Crippen LogP contribution in [0, 0.1) is 5.92 Å². The van der Waals surface area contributed by atoms with Crippen molar-refractivity contribution in [1.29, 1.82) is 0 Å². The first-order chi connectivity index (χ1) is 8.28. The molecule has 1 atom stereocenters. The van der Waals surface area contributed by atoms with Crippen LogP contribution in [0.25, 0.3) is 0 Å². The molecular weight excluding hydrogens is 214 g/mol. The minimum absolute atomic E-state index is 0.473. The van der Waals surface area contributed by atoms with Crippen LogP contribution in [-0.2, 0) is 13.1 Å². The molecule has 0 amide bonds. The summed E-state index contributed by atoms with van der Waals surface area (Å²) in [6.07, 6.45) is 5.97. The Hall–Kier alpha value is -0.940. The summed E-state index contributed by atoms with van der Waals surface area (Å²) in [4.78, 5) is 2.54. The Balaban J connectivity index is 1.77. The summed E-state index contributed by atoms with van der Waals surface area (Å²) in [6, 6.07) is 0. The normalized spacial score (nSPS) is 22.6. The SMILES string of the molecule is CC1CCCN(CCn2cc(CN)nn2)CC1. The minimum atomic E-state index is 0.473. The Morgan fingerprint density at radius 1 is 1.35 bits per heavy atom. The van der Waals surface area contributed by atoms with E-state index >= 15 is 0 Å². The van der Waals surface area contributed by atoms with Crippen LogP contribution in [0.3, 0.4) is 0 Å². The van der Waals surface area contributed by atoms with Crippen LogP contribution in [0.15, 0.2) is 6.20 Å². The van der Waals surface area contributed by atoms with Gasteiger partial charge < -0.3 is 10.6 Å². The van der Waals surface area contributed by atoms with Crippen molar-refractivity contribution in [2.45, 2.75) is 39.3 Å². The standard InChI is InChI=1S/C12H23N5/c1-11-3-2-5-16(6-4-11)7-8-17-10-12(9-13)14-15-17/h10-11H,2-9,13H2,1H3. The summed E-state index contributed by atoms with van der Waals surface area (Å²) in [6.45, 7) is 7.26. The second-order valence-electron chi connectivity index (χ2n) is 5.05. The average Bonchev–Trinajstić information content (AvgIpc) is 2.70. The third kappa shape index (κ3) is 3.78. The van der Waals surface area contributed by atoms with Gasteiger partial charge in [-0.15, -0.1) is 5.10 Å². The molecule has 17 heavy (non-hydrogen) atoms. The van der Waals surface area contributed by atoms with Gasteiger partial charge in [-0.05, 0) is 38.3 Å². The lowest BCUT2D eigenvalue weighted by atomic mass is 10.0. The van der Waals surface area contributed by atoms with Crippen molar-refractivity contribution < 1.29 is 0 Å². The van der Waals surface area contributed by atoms with E-state index in [4.69, 9.17) is 5.73 Å². The van der Waals surface area contributed by atoms with Crippen LogP contribution in [0.5, 0.6) is 0 Å². The van der Waals surface area contributed by atoms with Crippen molar-refractivity contribution in [3.8, 4) is 0 Å². The average molecular weight is 237 g/mol. The monoisotopic (exact) mass is 237 g/mol. The number of hydrogen-bond acceptors (Lipinski definition) is 4. The summed E-state index contributed by atoms with van der Waals surface area (Å²) in [5, 5.41) is 8.07. The zero-order chi connectivity index (χ0) is 12.1.